The maximum Gasteiger partial charge on any atom is 0.0721 e. The summed E-state index contributed by atoms with van der Waals surface area (Å²) >= 11 is 0. The van der Waals surface area contributed by atoms with Gasteiger partial charge >= 0.3 is 0 Å². The number of piperidine rings is 1. The highest BCUT2D eigenvalue weighted by Gasteiger charge is 2.39. The van der Waals surface area contributed by atoms with Crippen LogP contribution in [0.25, 0.3) is 0 Å². The third-order valence-electron chi connectivity index (χ3n) is 5.21. The Kier molecular flexibility index (Phi) is 5.16. The van der Waals surface area contributed by atoms with E-state index < -0.39 is 0 Å². The number of hydrogen-bond donors (Lipinski definition) is 2. The van der Waals surface area contributed by atoms with Gasteiger partial charge in [0.05, 0.1) is 11.3 Å². The van der Waals surface area contributed by atoms with E-state index in [2.05, 4.69) is 40.5 Å². The van der Waals surface area contributed by atoms with Crippen molar-refractivity contribution in [2.75, 3.05) is 26.7 Å². The van der Waals surface area contributed by atoms with Gasteiger partial charge in [-0.25, -0.2) is 0 Å². The van der Waals surface area contributed by atoms with Crippen molar-refractivity contribution in [2.45, 2.75) is 63.6 Å². The second kappa shape index (κ2) is 7.11. The van der Waals surface area contributed by atoms with Crippen LogP contribution in [-0.4, -0.2) is 53.5 Å². The molecule has 2 aliphatic heterocycles. The van der Waals surface area contributed by atoms with Crippen LogP contribution in [0, 0.1) is 0 Å². The topological polar surface area (TPSA) is 53.2 Å². The Morgan fingerprint density at radius 1 is 1.41 bits per heavy atom. The number of ether oxygens (including phenoxy) is 1. The molecule has 0 bridgehead atoms. The van der Waals surface area contributed by atoms with Crippen LogP contribution in [0.2, 0.25) is 0 Å². The molecule has 1 spiro atoms. The van der Waals surface area contributed by atoms with Crippen molar-refractivity contribution in [1.29, 1.82) is 0 Å². The van der Waals surface area contributed by atoms with E-state index in [0.717, 1.165) is 58.3 Å². The number of H-pyrrole nitrogens is 1. The summed E-state index contributed by atoms with van der Waals surface area (Å²) in [6.07, 6.45) is 6.83. The minimum atomic E-state index is 0.129. The Hall–Kier alpha value is -0.910. The molecule has 3 heterocycles. The molecule has 0 saturated carbocycles. The first-order chi connectivity index (χ1) is 10.7. The quantitative estimate of drug-likeness (QED) is 0.875. The van der Waals surface area contributed by atoms with Crippen LogP contribution in [0.5, 0.6) is 0 Å². The third kappa shape index (κ3) is 3.70. The summed E-state index contributed by atoms with van der Waals surface area (Å²) in [7, 11) is 2.24. The fourth-order valence-electron chi connectivity index (χ4n) is 3.88. The number of hydrogen-bond acceptors (Lipinski definition) is 4. The number of nitrogens with zero attached hydrogens (tertiary/aromatic N) is 2. The first-order valence-electron chi connectivity index (χ1n) is 8.79. The lowest BCUT2D eigenvalue weighted by molar-refractivity contribution is -0.119. The van der Waals surface area contributed by atoms with Gasteiger partial charge in [0.25, 0.3) is 0 Å². The van der Waals surface area contributed by atoms with E-state index in [-0.39, 0.29) is 5.60 Å². The molecular formula is C17H30N4O. The Morgan fingerprint density at radius 3 is 3.00 bits per heavy atom. The Morgan fingerprint density at radius 2 is 2.23 bits per heavy atom. The fraction of sp³-hybridized carbons (Fsp3) is 0.824. The summed E-state index contributed by atoms with van der Waals surface area (Å²) < 4.78 is 6.19. The highest BCUT2D eigenvalue weighted by molar-refractivity contribution is 5.09. The molecule has 1 unspecified atom stereocenters. The summed E-state index contributed by atoms with van der Waals surface area (Å²) in [4.78, 5) is 2.48. The van der Waals surface area contributed by atoms with Crippen molar-refractivity contribution in [2.24, 2.45) is 0 Å². The molecule has 0 radical (unpaired) electrons. The first-order valence-corrected chi connectivity index (χ1v) is 8.79. The minimum Gasteiger partial charge on any atom is -0.375 e. The van der Waals surface area contributed by atoms with E-state index in [1.54, 1.807) is 0 Å². The summed E-state index contributed by atoms with van der Waals surface area (Å²) in [6, 6.07) is 2.84. The van der Waals surface area contributed by atoms with Gasteiger partial charge in [0, 0.05) is 24.9 Å². The summed E-state index contributed by atoms with van der Waals surface area (Å²) in [6.45, 7) is 6.24. The van der Waals surface area contributed by atoms with Crippen LogP contribution in [0.15, 0.2) is 6.07 Å². The maximum absolute atomic E-state index is 6.19. The Bertz CT molecular complexity index is 461. The maximum atomic E-state index is 6.19. The highest BCUT2D eigenvalue weighted by Crippen LogP contribution is 2.34. The number of aromatic nitrogens is 2. The standard InChI is InChI=1S/C17H30N4O/c1-3-4-14-11-15(20-19-14)13-21(2)16-5-10-22-17(12-16)6-8-18-9-7-17/h11,16,18H,3-10,12-13H2,1-2H3,(H,19,20). The molecule has 0 amide bonds. The number of aryl methyl sites for hydroxylation is 1. The molecule has 3 rings (SSSR count). The van der Waals surface area contributed by atoms with E-state index in [1.807, 2.05) is 0 Å². The van der Waals surface area contributed by atoms with E-state index >= 15 is 0 Å². The molecule has 0 aromatic carbocycles. The molecule has 5 nitrogen and oxygen atoms in total. The average molecular weight is 306 g/mol. The smallest absolute Gasteiger partial charge is 0.0721 e. The Labute approximate surface area is 133 Å². The lowest BCUT2D eigenvalue weighted by atomic mass is 9.82. The van der Waals surface area contributed by atoms with Crippen LogP contribution >= 0.6 is 0 Å². The van der Waals surface area contributed by atoms with E-state index in [0.29, 0.717) is 6.04 Å². The van der Waals surface area contributed by atoms with Crippen LogP contribution in [0.4, 0.5) is 0 Å². The van der Waals surface area contributed by atoms with Gasteiger partial charge in [-0.15, -0.1) is 0 Å². The lowest BCUT2D eigenvalue weighted by Crippen LogP contribution is -2.52. The van der Waals surface area contributed by atoms with Crippen LogP contribution in [0.3, 0.4) is 0 Å². The van der Waals surface area contributed by atoms with Gasteiger partial charge in [-0.3, -0.25) is 10.00 Å². The molecular weight excluding hydrogens is 276 g/mol. The molecule has 22 heavy (non-hydrogen) atoms. The SMILES string of the molecule is CCCc1cc(CN(C)C2CCOC3(CCNCC3)C2)[nH]n1. The van der Waals surface area contributed by atoms with E-state index in [1.165, 1.54) is 17.8 Å². The molecule has 0 aliphatic carbocycles. The van der Waals surface area contributed by atoms with Gasteiger partial charge < -0.3 is 10.1 Å². The number of aromatic amines is 1. The number of rotatable bonds is 5. The van der Waals surface area contributed by atoms with Crippen LogP contribution in [0.1, 0.15) is 50.4 Å². The normalized spacial score (nSPS) is 25.0. The van der Waals surface area contributed by atoms with Crippen molar-refractivity contribution in [1.82, 2.24) is 20.4 Å². The van der Waals surface area contributed by atoms with Gasteiger partial charge in [-0.05, 0) is 58.3 Å². The molecule has 1 aromatic rings. The van der Waals surface area contributed by atoms with Crippen molar-refractivity contribution in [3.8, 4) is 0 Å². The third-order valence-corrected chi connectivity index (χ3v) is 5.21. The average Bonchev–Trinajstić information content (AvgIpc) is 2.96. The lowest BCUT2D eigenvalue weighted by Gasteiger charge is -2.46. The fourth-order valence-corrected chi connectivity index (χ4v) is 3.88. The number of nitrogens with one attached hydrogen (secondary N) is 2. The van der Waals surface area contributed by atoms with Gasteiger partial charge in [0.15, 0.2) is 0 Å². The monoisotopic (exact) mass is 306 g/mol. The van der Waals surface area contributed by atoms with Crippen molar-refractivity contribution in [3.63, 3.8) is 0 Å². The van der Waals surface area contributed by atoms with E-state index in [9.17, 15) is 0 Å². The van der Waals surface area contributed by atoms with Crippen LogP contribution < -0.4 is 5.32 Å². The Balaban J connectivity index is 1.57. The van der Waals surface area contributed by atoms with Crippen molar-refractivity contribution < 1.29 is 4.74 Å². The zero-order chi connectivity index (χ0) is 15.4. The van der Waals surface area contributed by atoms with Crippen molar-refractivity contribution >= 4 is 0 Å². The van der Waals surface area contributed by atoms with Gasteiger partial charge in [0.1, 0.15) is 0 Å². The molecule has 2 fully saturated rings. The molecule has 5 heteroatoms. The molecule has 2 N–H and O–H groups in total. The minimum absolute atomic E-state index is 0.129. The van der Waals surface area contributed by atoms with Gasteiger partial charge in [0.2, 0.25) is 0 Å². The predicted octanol–water partition coefficient (Wildman–Crippen LogP) is 2.10. The van der Waals surface area contributed by atoms with Crippen LogP contribution in [-0.2, 0) is 17.7 Å². The summed E-state index contributed by atoms with van der Waals surface area (Å²) in [5, 5.41) is 11.0. The molecule has 1 aromatic heterocycles. The second-order valence-electron chi connectivity index (χ2n) is 6.98. The van der Waals surface area contributed by atoms with E-state index in [4.69, 9.17) is 4.74 Å². The van der Waals surface area contributed by atoms with Crippen molar-refractivity contribution in [3.05, 3.63) is 17.5 Å². The first kappa shape index (κ1) is 16.0. The zero-order valence-corrected chi connectivity index (χ0v) is 14.0. The molecule has 2 aliphatic rings. The largest absolute Gasteiger partial charge is 0.375 e. The molecule has 124 valence electrons. The molecule has 1 atom stereocenters. The zero-order valence-electron chi connectivity index (χ0n) is 14.0. The summed E-state index contributed by atoms with van der Waals surface area (Å²) in [5.41, 5.74) is 2.55. The highest BCUT2D eigenvalue weighted by atomic mass is 16.5. The molecule has 2 saturated heterocycles. The summed E-state index contributed by atoms with van der Waals surface area (Å²) in [5.74, 6) is 0. The predicted molar refractivity (Wildman–Crippen MR) is 87.9 cm³/mol. The van der Waals surface area contributed by atoms with Gasteiger partial charge in [-0.2, -0.15) is 5.10 Å². The second-order valence-corrected chi connectivity index (χ2v) is 6.98. The van der Waals surface area contributed by atoms with Gasteiger partial charge in [-0.1, -0.05) is 13.3 Å².